The SMILES string of the molecule is CC(=O)Nc1ccn([C@@H]2O[C@H](COC(C)C)C(OC(C)C)[C@@H]2O)c(=O)n1. The van der Waals surface area contributed by atoms with Gasteiger partial charge in [-0.05, 0) is 33.8 Å². The van der Waals surface area contributed by atoms with Crippen LogP contribution in [0.1, 0.15) is 40.8 Å². The van der Waals surface area contributed by atoms with Crippen molar-refractivity contribution in [3.63, 3.8) is 0 Å². The summed E-state index contributed by atoms with van der Waals surface area (Å²) in [5.41, 5.74) is -0.644. The summed E-state index contributed by atoms with van der Waals surface area (Å²) in [6, 6.07) is 1.47. The van der Waals surface area contributed by atoms with Gasteiger partial charge in [-0.3, -0.25) is 9.36 Å². The Hall–Kier alpha value is -1.81. The molecule has 1 aromatic rings. The van der Waals surface area contributed by atoms with Crippen LogP contribution in [0.3, 0.4) is 0 Å². The van der Waals surface area contributed by atoms with E-state index in [4.69, 9.17) is 14.2 Å². The number of carbonyl (C=O) groups is 1. The van der Waals surface area contributed by atoms with E-state index in [0.717, 1.165) is 0 Å². The number of anilines is 1. The Morgan fingerprint density at radius 3 is 2.62 bits per heavy atom. The third-order valence-corrected chi connectivity index (χ3v) is 3.74. The maximum Gasteiger partial charge on any atom is 0.351 e. The average molecular weight is 369 g/mol. The van der Waals surface area contributed by atoms with Crippen molar-refractivity contribution < 1.29 is 24.1 Å². The number of ether oxygens (including phenoxy) is 3. The lowest BCUT2D eigenvalue weighted by Gasteiger charge is -2.23. The van der Waals surface area contributed by atoms with Gasteiger partial charge >= 0.3 is 5.69 Å². The molecule has 1 fully saturated rings. The van der Waals surface area contributed by atoms with Crippen molar-refractivity contribution in [1.82, 2.24) is 9.55 Å². The molecule has 2 rings (SSSR count). The molecule has 0 radical (unpaired) electrons. The monoisotopic (exact) mass is 369 g/mol. The first-order valence-electron chi connectivity index (χ1n) is 8.66. The van der Waals surface area contributed by atoms with E-state index in [1.54, 1.807) is 0 Å². The molecule has 146 valence electrons. The van der Waals surface area contributed by atoms with E-state index >= 15 is 0 Å². The first-order valence-corrected chi connectivity index (χ1v) is 8.66. The van der Waals surface area contributed by atoms with Crippen LogP contribution in [0.4, 0.5) is 5.82 Å². The molecule has 1 saturated heterocycles. The molecule has 1 amide bonds. The normalized spacial score (nSPS) is 25.8. The van der Waals surface area contributed by atoms with Gasteiger partial charge in [-0.25, -0.2) is 4.79 Å². The molecule has 1 aromatic heterocycles. The maximum absolute atomic E-state index is 12.3. The van der Waals surface area contributed by atoms with E-state index in [9.17, 15) is 14.7 Å². The minimum Gasteiger partial charge on any atom is -0.386 e. The van der Waals surface area contributed by atoms with E-state index in [2.05, 4.69) is 10.3 Å². The summed E-state index contributed by atoms with van der Waals surface area (Å²) < 4.78 is 18.4. The van der Waals surface area contributed by atoms with Crippen LogP contribution in [0, 0.1) is 0 Å². The highest BCUT2D eigenvalue weighted by molar-refractivity contribution is 5.87. The smallest absolute Gasteiger partial charge is 0.351 e. The van der Waals surface area contributed by atoms with Gasteiger partial charge in [0.1, 0.15) is 24.1 Å². The molecule has 0 spiro atoms. The molecule has 26 heavy (non-hydrogen) atoms. The summed E-state index contributed by atoms with van der Waals surface area (Å²) in [6.45, 7) is 9.07. The van der Waals surface area contributed by atoms with Crippen molar-refractivity contribution in [2.45, 2.75) is 71.4 Å². The highest BCUT2D eigenvalue weighted by Gasteiger charge is 2.46. The minimum absolute atomic E-state index is 0.00387. The van der Waals surface area contributed by atoms with Gasteiger partial charge in [0.15, 0.2) is 6.23 Å². The minimum atomic E-state index is -1.07. The lowest BCUT2D eigenvalue weighted by atomic mass is 10.1. The van der Waals surface area contributed by atoms with Crippen LogP contribution in [0.15, 0.2) is 17.1 Å². The molecule has 1 unspecified atom stereocenters. The predicted molar refractivity (Wildman–Crippen MR) is 93.8 cm³/mol. The van der Waals surface area contributed by atoms with Crippen molar-refractivity contribution in [3.8, 4) is 0 Å². The van der Waals surface area contributed by atoms with E-state index in [-0.39, 0.29) is 30.5 Å². The molecule has 1 aliphatic heterocycles. The van der Waals surface area contributed by atoms with E-state index in [1.165, 1.54) is 23.8 Å². The Bertz CT molecular complexity index is 675. The molecule has 0 aromatic carbocycles. The topological polar surface area (TPSA) is 112 Å². The number of nitrogens with zero attached hydrogens (tertiary/aromatic N) is 2. The van der Waals surface area contributed by atoms with E-state index in [1.807, 2.05) is 27.7 Å². The second-order valence-corrected chi connectivity index (χ2v) is 6.77. The fourth-order valence-corrected chi connectivity index (χ4v) is 2.71. The molecule has 2 heterocycles. The van der Waals surface area contributed by atoms with Crippen molar-refractivity contribution in [1.29, 1.82) is 0 Å². The van der Waals surface area contributed by atoms with Crippen molar-refractivity contribution in [2.24, 2.45) is 0 Å². The molecule has 0 saturated carbocycles. The highest BCUT2D eigenvalue weighted by atomic mass is 16.6. The zero-order valence-corrected chi connectivity index (χ0v) is 15.7. The predicted octanol–water partition coefficient (Wildman–Crippen LogP) is 0.679. The zero-order chi connectivity index (χ0) is 19.4. The van der Waals surface area contributed by atoms with Gasteiger partial charge in [0, 0.05) is 13.1 Å². The molecule has 0 bridgehead atoms. The van der Waals surface area contributed by atoms with Gasteiger partial charge in [0.25, 0.3) is 0 Å². The summed E-state index contributed by atoms with van der Waals surface area (Å²) in [6.07, 6.45) is -1.89. The van der Waals surface area contributed by atoms with Crippen molar-refractivity contribution >= 4 is 11.7 Å². The highest BCUT2D eigenvalue weighted by Crippen LogP contribution is 2.31. The van der Waals surface area contributed by atoms with Crippen LogP contribution in [0.5, 0.6) is 0 Å². The van der Waals surface area contributed by atoms with Crippen molar-refractivity contribution in [2.75, 3.05) is 11.9 Å². The lowest BCUT2D eigenvalue weighted by Crippen LogP contribution is -2.39. The zero-order valence-electron chi connectivity index (χ0n) is 15.7. The number of aromatic nitrogens is 2. The summed E-state index contributed by atoms with van der Waals surface area (Å²) in [5.74, 6) is -0.191. The first kappa shape index (κ1) is 20.5. The Morgan fingerprint density at radius 1 is 1.38 bits per heavy atom. The fourth-order valence-electron chi connectivity index (χ4n) is 2.71. The van der Waals surface area contributed by atoms with Crippen LogP contribution in [-0.2, 0) is 19.0 Å². The number of carbonyl (C=O) groups excluding carboxylic acids is 1. The van der Waals surface area contributed by atoms with Gasteiger partial charge in [0.2, 0.25) is 5.91 Å². The second kappa shape index (κ2) is 8.72. The van der Waals surface area contributed by atoms with E-state index in [0.29, 0.717) is 0 Å². The Morgan fingerprint density at radius 2 is 2.08 bits per heavy atom. The molecule has 9 heteroatoms. The molecule has 9 nitrogen and oxygen atoms in total. The van der Waals surface area contributed by atoms with Gasteiger partial charge in [-0.2, -0.15) is 4.98 Å². The number of hydrogen-bond acceptors (Lipinski definition) is 7. The number of aliphatic hydroxyl groups excluding tert-OH is 1. The molecule has 2 N–H and O–H groups in total. The van der Waals surface area contributed by atoms with Crippen LogP contribution < -0.4 is 11.0 Å². The third kappa shape index (κ3) is 5.10. The number of aliphatic hydroxyl groups is 1. The molecular weight excluding hydrogens is 342 g/mol. The molecule has 0 aliphatic carbocycles. The van der Waals surface area contributed by atoms with Crippen LogP contribution in [0.2, 0.25) is 0 Å². The molecular formula is C17H27N3O6. The van der Waals surface area contributed by atoms with Crippen molar-refractivity contribution in [3.05, 3.63) is 22.7 Å². The third-order valence-electron chi connectivity index (χ3n) is 3.74. The fraction of sp³-hybridized carbons (Fsp3) is 0.706. The lowest BCUT2D eigenvalue weighted by molar-refractivity contribution is -0.114. The van der Waals surface area contributed by atoms with Crippen LogP contribution in [-0.4, -0.2) is 57.7 Å². The number of amides is 1. The summed E-state index contributed by atoms with van der Waals surface area (Å²) in [7, 11) is 0. The number of rotatable bonds is 7. The van der Waals surface area contributed by atoms with E-state index < -0.39 is 30.2 Å². The number of nitrogens with one attached hydrogen (secondary N) is 1. The summed E-state index contributed by atoms with van der Waals surface area (Å²) >= 11 is 0. The number of hydrogen-bond donors (Lipinski definition) is 2. The largest absolute Gasteiger partial charge is 0.386 e. The second-order valence-electron chi connectivity index (χ2n) is 6.77. The van der Waals surface area contributed by atoms with Gasteiger partial charge in [0.05, 0.1) is 18.8 Å². The quantitative estimate of drug-likeness (QED) is 0.727. The molecule has 4 atom stereocenters. The summed E-state index contributed by atoms with van der Waals surface area (Å²) in [5, 5.41) is 13.1. The average Bonchev–Trinajstić information content (AvgIpc) is 2.81. The molecule has 1 aliphatic rings. The van der Waals surface area contributed by atoms with Gasteiger partial charge in [-0.15, -0.1) is 0 Å². The van der Waals surface area contributed by atoms with Crippen LogP contribution in [0.25, 0.3) is 0 Å². The Labute approximate surface area is 152 Å². The standard InChI is InChI=1S/C17H27N3O6/c1-9(2)24-8-12-15(25-10(3)4)14(22)16(26-12)20-7-6-13(18-11(5)21)19-17(20)23/h6-7,9-10,12,14-16,22H,8H2,1-5H3,(H,18,19,21,23)/t12-,14+,15?,16-/m1/s1. The van der Waals surface area contributed by atoms with Gasteiger partial charge in [-0.1, -0.05) is 0 Å². The van der Waals surface area contributed by atoms with Gasteiger partial charge < -0.3 is 24.6 Å². The first-order chi connectivity index (χ1) is 12.2. The maximum atomic E-state index is 12.3. The Balaban J connectivity index is 2.23. The Kier molecular flexibility index (Phi) is 6.87. The van der Waals surface area contributed by atoms with Crippen LogP contribution >= 0.6 is 0 Å². The summed E-state index contributed by atoms with van der Waals surface area (Å²) in [4.78, 5) is 27.2.